The molecule has 0 radical (unpaired) electrons. The number of rotatable bonds is 7. The third kappa shape index (κ3) is 4.45. The average molecular weight is 417 g/mol. The summed E-state index contributed by atoms with van der Waals surface area (Å²) in [6, 6.07) is 10.3. The number of hydrogen-bond acceptors (Lipinski definition) is 4. The molecule has 0 saturated carbocycles. The van der Waals surface area contributed by atoms with Gasteiger partial charge in [0.2, 0.25) is 5.95 Å². The Morgan fingerprint density at radius 3 is 2.61 bits per heavy atom. The highest BCUT2D eigenvalue weighted by Gasteiger charge is 2.21. The fraction of sp³-hybridized carbons (Fsp3) is 0.250. The van der Waals surface area contributed by atoms with Crippen LogP contribution in [0.2, 0.25) is 0 Å². The van der Waals surface area contributed by atoms with E-state index in [4.69, 9.17) is 0 Å². The molecule has 1 unspecified atom stereocenters. The van der Waals surface area contributed by atoms with Crippen LogP contribution in [0.25, 0.3) is 16.9 Å². The molecule has 4 aromatic rings. The Balaban J connectivity index is 1.65. The van der Waals surface area contributed by atoms with E-state index in [1.807, 2.05) is 18.3 Å². The molecule has 0 aliphatic heterocycles. The summed E-state index contributed by atoms with van der Waals surface area (Å²) in [4.78, 5) is 25.8. The Kier molecular flexibility index (Phi) is 6.02. The quantitative estimate of drug-likeness (QED) is 0.480. The number of nitrogens with one attached hydrogen (secondary N) is 1. The van der Waals surface area contributed by atoms with Crippen LogP contribution >= 0.6 is 0 Å². The van der Waals surface area contributed by atoms with E-state index in [0.29, 0.717) is 23.9 Å². The minimum Gasteiger partial charge on any atom is -0.351 e. The zero-order chi connectivity index (χ0) is 21.8. The second kappa shape index (κ2) is 9.04. The molecule has 0 saturated heterocycles. The van der Waals surface area contributed by atoms with Gasteiger partial charge in [-0.1, -0.05) is 26.0 Å². The van der Waals surface area contributed by atoms with E-state index in [1.165, 1.54) is 6.07 Å². The van der Waals surface area contributed by atoms with Gasteiger partial charge in [0.05, 0.1) is 11.1 Å². The zero-order valence-electron chi connectivity index (χ0n) is 17.5. The van der Waals surface area contributed by atoms with Crippen molar-refractivity contribution in [1.82, 2.24) is 24.8 Å². The van der Waals surface area contributed by atoms with Crippen LogP contribution < -0.4 is 5.32 Å². The van der Waals surface area contributed by atoms with Gasteiger partial charge < -0.3 is 5.32 Å². The molecule has 6 nitrogen and oxygen atoms in total. The lowest BCUT2D eigenvalue weighted by Gasteiger charge is -2.19. The van der Waals surface area contributed by atoms with E-state index in [0.717, 1.165) is 12.0 Å². The van der Waals surface area contributed by atoms with E-state index >= 15 is 0 Å². The first-order valence-electron chi connectivity index (χ1n) is 10.3. The van der Waals surface area contributed by atoms with E-state index < -0.39 is 5.82 Å². The van der Waals surface area contributed by atoms with Gasteiger partial charge in [-0.15, -0.1) is 0 Å². The third-order valence-corrected chi connectivity index (χ3v) is 5.21. The van der Waals surface area contributed by atoms with Gasteiger partial charge in [-0.05, 0) is 42.2 Å². The number of fused-ring (bicyclic) bond motifs is 1. The molecule has 7 heteroatoms. The molecule has 0 aliphatic carbocycles. The molecule has 1 N–H and O–H groups in total. The second-order valence-corrected chi connectivity index (χ2v) is 7.92. The molecule has 0 bridgehead atoms. The van der Waals surface area contributed by atoms with Crippen molar-refractivity contribution in [3.05, 3.63) is 84.3 Å². The number of carbonyl (C=O) groups is 1. The molecule has 0 spiro atoms. The van der Waals surface area contributed by atoms with Gasteiger partial charge in [0.25, 0.3) is 5.91 Å². The first-order valence-corrected chi connectivity index (χ1v) is 10.3. The summed E-state index contributed by atoms with van der Waals surface area (Å²) in [5, 5.41) is 3.26. The topological polar surface area (TPSA) is 72.7 Å². The Hall–Kier alpha value is -3.61. The molecule has 3 aromatic heterocycles. The van der Waals surface area contributed by atoms with Crippen molar-refractivity contribution in [3.63, 3.8) is 0 Å². The number of carbonyl (C=O) groups excluding carboxylic acids is 1. The Morgan fingerprint density at radius 2 is 1.90 bits per heavy atom. The number of nitrogens with zero attached hydrogens (tertiary/aromatic N) is 4. The maximum atomic E-state index is 14.7. The molecule has 1 aromatic carbocycles. The third-order valence-electron chi connectivity index (χ3n) is 5.21. The van der Waals surface area contributed by atoms with Crippen LogP contribution in [0.15, 0.2) is 67.4 Å². The van der Waals surface area contributed by atoms with Crippen molar-refractivity contribution in [2.24, 2.45) is 5.92 Å². The first-order chi connectivity index (χ1) is 15.0. The Labute approximate surface area is 180 Å². The van der Waals surface area contributed by atoms with Crippen molar-refractivity contribution >= 4 is 16.8 Å². The molecule has 31 heavy (non-hydrogen) atoms. The molecular weight excluding hydrogens is 393 g/mol. The van der Waals surface area contributed by atoms with Crippen LogP contribution in [0.3, 0.4) is 0 Å². The molecular formula is C24H24FN5O. The largest absolute Gasteiger partial charge is 0.351 e. The number of hydrogen-bond donors (Lipinski definition) is 1. The van der Waals surface area contributed by atoms with E-state index in [9.17, 15) is 9.18 Å². The van der Waals surface area contributed by atoms with E-state index in [2.05, 4.69) is 34.1 Å². The van der Waals surface area contributed by atoms with Crippen LogP contribution in [0, 0.1) is 11.7 Å². The zero-order valence-corrected chi connectivity index (χ0v) is 17.5. The Morgan fingerprint density at radius 1 is 1.10 bits per heavy atom. The number of halogens is 1. The lowest BCUT2D eigenvalue weighted by atomic mass is 9.91. The number of pyridine rings is 1. The first kappa shape index (κ1) is 20.7. The van der Waals surface area contributed by atoms with Gasteiger partial charge in [0.15, 0.2) is 0 Å². The van der Waals surface area contributed by atoms with E-state index in [-0.39, 0.29) is 22.8 Å². The molecule has 0 aliphatic rings. The summed E-state index contributed by atoms with van der Waals surface area (Å²) in [5.41, 5.74) is 1.88. The highest BCUT2D eigenvalue weighted by atomic mass is 19.1. The maximum Gasteiger partial charge on any atom is 0.253 e. The molecule has 1 amide bonds. The monoisotopic (exact) mass is 417 g/mol. The number of benzene rings is 1. The molecule has 158 valence electrons. The summed E-state index contributed by atoms with van der Waals surface area (Å²) >= 11 is 0. The van der Waals surface area contributed by atoms with Gasteiger partial charge in [-0.2, -0.15) is 0 Å². The summed E-state index contributed by atoms with van der Waals surface area (Å²) in [6.45, 7) is 4.73. The maximum absolute atomic E-state index is 14.7. The van der Waals surface area contributed by atoms with Gasteiger partial charge >= 0.3 is 0 Å². The smallest absolute Gasteiger partial charge is 0.253 e. The number of aromatic nitrogens is 4. The minimum atomic E-state index is -0.455. The van der Waals surface area contributed by atoms with Gasteiger partial charge in [0, 0.05) is 48.8 Å². The fourth-order valence-corrected chi connectivity index (χ4v) is 3.83. The second-order valence-electron chi connectivity index (χ2n) is 7.92. The normalized spacial score (nSPS) is 12.3. The van der Waals surface area contributed by atoms with Crippen molar-refractivity contribution in [3.8, 4) is 5.95 Å². The van der Waals surface area contributed by atoms with E-state index in [1.54, 1.807) is 47.6 Å². The van der Waals surface area contributed by atoms with Gasteiger partial charge in [-0.25, -0.2) is 14.4 Å². The predicted octanol–water partition coefficient (Wildman–Crippen LogP) is 4.51. The SMILES string of the molecule is CC(C)CC(CNC(=O)c1cn(-c2ncccn2)c2cccc(F)c12)c1cccnc1. The van der Waals surface area contributed by atoms with Crippen LogP contribution in [0.4, 0.5) is 4.39 Å². The van der Waals surface area contributed by atoms with Gasteiger partial charge in [-0.3, -0.25) is 14.3 Å². The molecule has 1 atom stereocenters. The fourth-order valence-electron chi connectivity index (χ4n) is 3.83. The minimum absolute atomic E-state index is 0.119. The van der Waals surface area contributed by atoms with Crippen LogP contribution in [-0.2, 0) is 0 Å². The average Bonchev–Trinajstić information content (AvgIpc) is 3.18. The molecule has 3 heterocycles. The summed E-state index contributed by atoms with van der Waals surface area (Å²) in [6.07, 6.45) is 9.28. The lowest BCUT2D eigenvalue weighted by Crippen LogP contribution is -2.29. The summed E-state index contributed by atoms with van der Waals surface area (Å²) in [5.74, 6) is 0.168. The van der Waals surface area contributed by atoms with Crippen LogP contribution in [0.5, 0.6) is 0 Å². The predicted molar refractivity (Wildman–Crippen MR) is 118 cm³/mol. The van der Waals surface area contributed by atoms with Gasteiger partial charge in [0.1, 0.15) is 5.82 Å². The van der Waals surface area contributed by atoms with Crippen LogP contribution in [0.1, 0.15) is 42.1 Å². The standard InChI is InChI=1S/C24H24FN5O/c1-16(2)12-18(17-6-4-9-26-13-17)14-29-23(31)19-15-30(24-27-10-5-11-28-24)21-8-3-7-20(25)22(19)21/h3-11,13,15-16,18H,12,14H2,1-2H3,(H,29,31). The van der Waals surface area contributed by atoms with Crippen molar-refractivity contribution in [1.29, 1.82) is 0 Å². The van der Waals surface area contributed by atoms with Crippen molar-refractivity contribution < 1.29 is 9.18 Å². The Bertz CT molecular complexity index is 1170. The highest BCUT2D eigenvalue weighted by molar-refractivity contribution is 6.07. The summed E-state index contributed by atoms with van der Waals surface area (Å²) in [7, 11) is 0. The summed E-state index contributed by atoms with van der Waals surface area (Å²) < 4.78 is 16.4. The van der Waals surface area contributed by atoms with Crippen molar-refractivity contribution in [2.75, 3.05) is 6.54 Å². The molecule has 4 rings (SSSR count). The highest BCUT2D eigenvalue weighted by Crippen LogP contribution is 2.27. The lowest BCUT2D eigenvalue weighted by molar-refractivity contribution is 0.0951. The number of amides is 1. The molecule has 0 fully saturated rings. The van der Waals surface area contributed by atoms with Crippen molar-refractivity contribution in [2.45, 2.75) is 26.2 Å². The van der Waals surface area contributed by atoms with Crippen LogP contribution in [-0.4, -0.2) is 32.0 Å².